The Balaban J connectivity index is 2.00. The number of benzene rings is 1. The zero-order valence-corrected chi connectivity index (χ0v) is 18.8. The number of carbonyl (C=O) groups is 3. The topological polar surface area (TPSA) is 88.2 Å². The van der Waals surface area contributed by atoms with Gasteiger partial charge in [-0.15, -0.1) is 0 Å². The normalized spacial score (nSPS) is 14.5. The van der Waals surface area contributed by atoms with Gasteiger partial charge in [-0.1, -0.05) is 20.8 Å². The lowest BCUT2D eigenvalue weighted by atomic mass is 9.94. The Morgan fingerprint density at radius 3 is 2.17 bits per heavy atom. The van der Waals surface area contributed by atoms with Gasteiger partial charge < -0.3 is 24.6 Å². The van der Waals surface area contributed by atoms with E-state index < -0.39 is 5.41 Å². The highest BCUT2D eigenvalue weighted by Gasteiger charge is 2.31. The van der Waals surface area contributed by atoms with Gasteiger partial charge in [0.15, 0.2) is 18.1 Å². The summed E-state index contributed by atoms with van der Waals surface area (Å²) in [6.45, 7) is 11.3. The quantitative estimate of drug-likeness (QED) is 0.761. The molecule has 0 spiro atoms. The molecule has 0 bridgehead atoms. The third-order valence-electron chi connectivity index (χ3n) is 4.71. The summed E-state index contributed by atoms with van der Waals surface area (Å²) in [5.74, 6) is 0.530. The maximum Gasteiger partial charge on any atom is 0.258 e. The van der Waals surface area contributed by atoms with Crippen molar-refractivity contribution >= 4 is 17.7 Å². The fraction of sp³-hybridized carbons (Fsp3) is 0.591. The maximum absolute atomic E-state index is 12.9. The van der Waals surface area contributed by atoms with Gasteiger partial charge in [-0.25, -0.2) is 0 Å². The highest BCUT2D eigenvalue weighted by Crippen LogP contribution is 2.29. The van der Waals surface area contributed by atoms with Crippen LogP contribution in [0.25, 0.3) is 0 Å². The van der Waals surface area contributed by atoms with E-state index in [9.17, 15) is 14.4 Å². The summed E-state index contributed by atoms with van der Waals surface area (Å²) >= 11 is 0. The van der Waals surface area contributed by atoms with Crippen molar-refractivity contribution in [2.24, 2.45) is 5.41 Å². The van der Waals surface area contributed by atoms with Crippen LogP contribution in [0.15, 0.2) is 18.2 Å². The van der Waals surface area contributed by atoms with E-state index in [1.54, 1.807) is 23.1 Å². The zero-order chi connectivity index (χ0) is 22.5. The zero-order valence-electron chi connectivity index (χ0n) is 18.8. The fourth-order valence-corrected chi connectivity index (χ4v) is 3.20. The Morgan fingerprint density at radius 1 is 1.03 bits per heavy atom. The predicted octanol–water partition coefficient (Wildman–Crippen LogP) is 1.93. The number of hydrogen-bond acceptors (Lipinski definition) is 5. The van der Waals surface area contributed by atoms with Crippen LogP contribution in [0, 0.1) is 5.41 Å². The summed E-state index contributed by atoms with van der Waals surface area (Å²) in [5, 5.41) is 2.75. The molecular weight excluding hydrogens is 386 g/mol. The second-order valence-corrected chi connectivity index (χ2v) is 8.71. The number of nitrogens with one attached hydrogen (secondary N) is 1. The molecule has 8 nitrogen and oxygen atoms in total. The van der Waals surface area contributed by atoms with Crippen molar-refractivity contribution in [3.8, 4) is 11.5 Å². The second-order valence-electron chi connectivity index (χ2n) is 8.71. The van der Waals surface area contributed by atoms with E-state index in [0.29, 0.717) is 43.2 Å². The summed E-state index contributed by atoms with van der Waals surface area (Å²) in [6.07, 6.45) is 0. The molecule has 1 heterocycles. The van der Waals surface area contributed by atoms with Gasteiger partial charge in [-0.05, 0) is 32.0 Å². The SMILES string of the molecule is COc1cc(C(=O)N2CCN(C(=O)C(C)(C)C)CC2)ccc1OCC(=O)NC(C)C. The summed E-state index contributed by atoms with van der Waals surface area (Å²) in [5.41, 5.74) is 0.0444. The van der Waals surface area contributed by atoms with Crippen molar-refractivity contribution in [3.63, 3.8) is 0 Å². The van der Waals surface area contributed by atoms with Gasteiger partial charge in [0.1, 0.15) is 0 Å². The Morgan fingerprint density at radius 2 is 1.63 bits per heavy atom. The van der Waals surface area contributed by atoms with Crippen LogP contribution in [-0.4, -0.2) is 73.5 Å². The van der Waals surface area contributed by atoms with Gasteiger partial charge in [0.2, 0.25) is 5.91 Å². The molecule has 1 aliphatic heterocycles. The van der Waals surface area contributed by atoms with Gasteiger partial charge in [0.05, 0.1) is 7.11 Å². The summed E-state index contributed by atoms with van der Waals surface area (Å²) in [4.78, 5) is 40.6. The van der Waals surface area contributed by atoms with Crippen molar-refractivity contribution in [3.05, 3.63) is 23.8 Å². The van der Waals surface area contributed by atoms with Gasteiger partial charge in [0, 0.05) is 43.2 Å². The number of ether oxygens (including phenoxy) is 2. The minimum Gasteiger partial charge on any atom is -0.493 e. The van der Waals surface area contributed by atoms with Crippen LogP contribution in [0.3, 0.4) is 0 Å². The first-order valence-corrected chi connectivity index (χ1v) is 10.2. The molecule has 1 aromatic rings. The number of piperazine rings is 1. The van der Waals surface area contributed by atoms with E-state index in [1.165, 1.54) is 7.11 Å². The number of amides is 3. The molecular formula is C22H33N3O5. The van der Waals surface area contributed by atoms with E-state index >= 15 is 0 Å². The van der Waals surface area contributed by atoms with E-state index in [2.05, 4.69) is 5.32 Å². The average Bonchev–Trinajstić information content (AvgIpc) is 2.70. The molecule has 0 unspecified atom stereocenters. The first-order valence-electron chi connectivity index (χ1n) is 10.2. The average molecular weight is 420 g/mol. The minimum absolute atomic E-state index is 0.0298. The molecule has 0 atom stereocenters. The van der Waals surface area contributed by atoms with Crippen LogP contribution < -0.4 is 14.8 Å². The summed E-state index contributed by atoms with van der Waals surface area (Å²) in [7, 11) is 1.49. The van der Waals surface area contributed by atoms with Crippen LogP contribution in [-0.2, 0) is 9.59 Å². The third kappa shape index (κ3) is 6.11. The van der Waals surface area contributed by atoms with Crippen LogP contribution in [0.4, 0.5) is 0 Å². The second kappa shape index (κ2) is 9.82. The lowest BCUT2D eigenvalue weighted by molar-refractivity contribution is -0.141. The lowest BCUT2D eigenvalue weighted by Crippen LogP contribution is -2.53. The molecule has 166 valence electrons. The largest absolute Gasteiger partial charge is 0.493 e. The maximum atomic E-state index is 12.9. The summed E-state index contributed by atoms with van der Waals surface area (Å²) < 4.78 is 10.9. The number of rotatable bonds is 6. The Bertz CT molecular complexity index is 777. The predicted molar refractivity (Wildman–Crippen MR) is 114 cm³/mol. The van der Waals surface area contributed by atoms with Crippen molar-refractivity contribution in [1.29, 1.82) is 0 Å². The van der Waals surface area contributed by atoms with Crippen LogP contribution in [0.5, 0.6) is 11.5 Å². The number of carbonyl (C=O) groups excluding carboxylic acids is 3. The molecule has 0 radical (unpaired) electrons. The Labute approximate surface area is 178 Å². The first-order chi connectivity index (χ1) is 14.0. The van der Waals surface area contributed by atoms with Gasteiger partial charge in [-0.2, -0.15) is 0 Å². The molecule has 2 rings (SSSR count). The van der Waals surface area contributed by atoms with Crippen LogP contribution in [0.2, 0.25) is 0 Å². The standard InChI is InChI=1S/C22H33N3O5/c1-15(2)23-19(26)14-30-17-8-7-16(13-18(17)29-6)20(27)24-9-11-25(12-10-24)21(28)22(3,4)5/h7-8,13,15H,9-12,14H2,1-6H3,(H,23,26). The molecule has 0 saturated carbocycles. The first kappa shape index (κ1) is 23.5. The smallest absolute Gasteiger partial charge is 0.258 e. The van der Waals surface area contributed by atoms with Crippen molar-refractivity contribution in [2.75, 3.05) is 39.9 Å². The molecule has 1 aliphatic rings. The number of methoxy groups -OCH3 is 1. The summed E-state index contributed by atoms with van der Waals surface area (Å²) in [6, 6.07) is 4.94. The molecule has 0 aromatic heterocycles. The van der Waals surface area contributed by atoms with Crippen molar-refractivity contribution < 1.29 is 23.9 Å². The van der Waals surface area contributed by atoms with E-state index in [4.69, 9.17) is 9.47 Å². The lowest BCUT2D eigenvalue weighted by Gasteiger charge is -2.37. The van der Waals surface area contributed by atoms with Crippen LogP contribution >= 0.6 is 0 Å². The van der Waals surface area contributed by atoms with Crippen molar-refractivity contribution in [1.82, 2.24) is 15.1 Å². The Hall–Kier alpha value is -2.77. The van der Waals surface area contributed by atoms with E-state index in [1.807, 2.05) is 39.5 Å². The molecule has 1 fully saturated rings. The highest BCUT2D eigenvalue weighted by molar-refractivity contribution is 5.95. The minimum atomic E-state index is -0.429. The fourth-order valence-electron chi connectivity index (χ4n) is 3.20. The van der Waals surface area contributed by atoms with Gasteiger partial charge in [0.25, 0.3) is 11.8 Å². The highest BCUT2D eigenvalue weighted by atomic mass is 16.5. The molecule has 30 heavy (non-hydrogen) atoms. The molecule has 8 heteroatoms. The van der Waals surface area contributed by atoms with Crippen molar-refractivity contribution in [2.45, 2.75) is 40.7 Å². The molecule has 0 aliphatic carbocycles. The van der Waals surface area contributed by atoms with Gasteiger partial charge >= 0.3 is 0 Å². The molecule has 1 saturated heterocycles. The van der Waals surface area contributed by atoms with E-state index in [-0.39, 0.29) is 30.4 Å². The number of nitrogens with zero attached hydrogens (tertiary/aromatic N) is 2. The molecule has 1 aromatic carbocycles. The monoisotopic (exact) mass is 419 g/mol. The molecule has 3 amide bonds. The number of hydrogen-bond donors (Lipinski definition) is 1. The molecule has 1 N–H and O–H groups in total. The van der Waals surface area contributed by atoms with Gasteiger partial charge in [-0.3, -0.25) is 14.4 Å². The third-order valence-corrected chi connectivity index (χ3v) is 4.71. The Kier molecular flexibility index (Phi) is 7.70. The van der Waals surface area contributed by atoms with Crippen LogP contribution in [0.1, 0.15) is 45.0 Å². The van der Waals surface area contributed by atoms with E-state index in [0.717, 1.165) is 0 Å².